The van der Waals surface area contributed by atoms with E-state index in [1.807, 2.05) is 107 Å². The van der Waals surface area contributed by atoms with Crippen LogP contribution in [-0.2, 0) is 60.7 Å². The largest absolute Gasteiger partial charge is 0.450 e. The lowest BCUT2D eigenvalue weighted by molar-refractivity contribution is -0.177. The maximum atomic E-state index is 15.8. The van der Waals surface area contributed by atoms with Crippen LogP contribution in [0.1, 0.15) is 139 Å². The topological polar surface area (TPSA) is 224 Å². The van der Waals surface area contributed by atoms with E-state index in [0.717, 1.165) is 37.9 Å². The zero-order chi connectivity index (χ0) is 65.9. The summed E-state index contributed by atoms with van der Waals surface area (Å²) < 4.78 is 6.17. The van der Waals surface area contributed by atoms with Gasteiger partial charge in [-0.2, -0.15) is 0 Å². The molecule has 0 saturated carbocycles. The molecular formula is C71H99N7O11. The van der Waals surface area contributed by atoms with Gasteiger partial charge in [-0.1, -0.05) is 142 Å². The minimum absolute atomic E-state index is 0.0303. The van der Waals surface area contributed by atoms with Crippen molar-refractivity contribution in [1.82, 2.24) is 34.8 Å². The molecule has 0 radical (unpaired) electrons. The fourth-order valence-electron chi connectivity index (χ4n) is 13.2. The minimum Gasteiger partial charge on any atom is -0.450 e. The average Bonchev–Trinajstić information content (AvgIpc) is 2.39. The Morgan fingerprint density at radius 1 is 0.629 bits per heavy atom. The number of esters is 1. The molecular weight excluding hydrogens is 1130 g/mol. The van der Waals surface area contributed by atoms with Crippen LogP contribution in [0, 0.1) is 41.4 Å². The van der Waals surface area contributed by atoms with Crippen molar-refractivity contribution >= 4 is 63.8 Å². The highest BCUT2D eigenvalue weighted by atomic mass is 16.6. The number of benzene rings is 3. The zero-order valence-electron chi connectivity index (χ0n) is 55.5. The van der Waals surface area contributed by atoms with Crippen molar-refractivity contribution in [3.05, 3.63) is 102 Å². The summed E-state index contributed by atoms with van der Waals surface area (Å²) in [5, 5.41) is 16.7. The van der Waals surface area contributed by atoms with Crippen LogP contribution in [0.2, 0.25) is 0 Å². The van der Waals surface area contributed by atoms with E-state index in [2.05, 4.69) is 16.4 Å². The Labute approximate surface area is 527 Å². The molecule has 3 aromatic carbocycles. The first-order valence-electron chi connectivity index (χ1n) is 32.0. The number of hydrogen-bond acceptors (Lipinski definition) is 12. The van der Waals surface area contributed by atoms with Gasteiger partial charge in [0.1, 0.15) is 18.1 Å². The van der Waals surface area contributed by atoms with Crippen LogP contribution in [0.25, 0.3) is 21.9 Å². The Morgan fingerprint density at radius 3 is 1.88 bits per heavy atom. The third-order valence-electron chi connectivity index (χ3n) is 18.5. The van der Waals surface area contributed by atoms with E-state index >= 15 is 28.8 Å². The van der Waals surface area contributed by atoms with E-state index in [9.17, 15) is 19.5 Å². The summed E-state index contributed by atoms with van der Waals surface area (Å²) in [6, 6.07) is 17.6. The number of amides is 6. The fourth-order valence-corrected chi connectivity index (χ4v) is 13.2. The van der Waals surface area contributed by atoms with Crippen LogP contribution >= 0.6 is 0 Å². The maximum absolute atomic E-state index is 15.8. The van der Waals surface area contributed by atoms with Gasteiger partial charge in [0.15, 0.2) is 23.7 Å². The second-order valence-corrected chi connectivity index (χ2v) is 26.9. The number of aliphatic hydroxyl groups is 1. The smallest absolute Gasteiger partial charge is 0.332 e. The molecule has 6 rings (SSSR count). The maximum Gasteiger partial charge on any atom is 0.332 e. The van der Waals surface area contributed by atoms with Crippen molar-refractivity contribution in [2.45, 2.75) is 189 Å². The SMILES string of the molecule is CC[C@H](C)[C@@H]1CC(=O)[C@@H]2CCCN2C(=O)[C@H](Cc2cccc(-c3ccc4cnccc4c3)c2)N(C)C(=O)[C@H](Cc2ccccc2)CC(=O)[C@H](C(C)C)N(C)C(=O)[C@@H]([C@@H](C)CC)OC(=O)[C@H](C(C)(C)O)N(C)C(=O)[C@H](CC(C)C)NC(=O)[C@H](C(C)C)N(C)C1=O. The molecule has 11 atom stereocenters. The van der Waals surface area contributed by atoms with Gasteiger partial charge in [0, 0.05) is 89.5 Å². The van der Waals surface area contributed by atoms with Gasteiger partial charge in [-0.3, -0.25) is 43.3 Å². The molecule has 3 heterocycles. The molecule has 18 heteroatoms. The predicted octanol–water partition coefficient (Wildman–Crippen LogP) is 8.77. The number of ketones is 2. The van der Waals surface area contributed by atoms with Gasteiger partial charge in [-0.05, 0) is 109 Å². The summed E-state index contributed by atoms with van der Waals surface area (Å²) in [6.07, 6.45) is 3.26. The van der Waals surface area contributed by atoms with Gasteiger partial charge in [0.2, 0.25) is 29.5 Å². The summed E-state index contributed by atoms with van der Waals surface area (Å²) >= 11 is 0. The molecule has 18 nitrogen and oxygen atoms in total. The third kappa shape index (κ3) is 17.1. The monoisotopic (exact) mass is 1230 g/mol. The third-order valence-corrected chi connectivity index (χ3v) is 18.5. The van der Waals surface area contributed by atoms with E-state index in [0.29, 0.717) is 25.7 Å². The van der Waals surface area contributed by atoms with Gasteiger partial charge >= 0.3 is 5.97 Å². The lowest BCUT2D eigenvalue weighted by atomic mass is 9.84. The number of nitrogens with one attached hydrogen (secondary N) is 1. The van der Waals surface area contributed by atoms with Crippen molar-refractivity contribution in [2.24, 2.45) is 41.4 Å². The predicted molar refractivity (Wildman–Crippen MR) is 344 cm³/mol. The zero-order valence-corrected chi connectivity index (χ0v) is 55.5. The molecule has 1 aromatic heterocycles. The molecule has 89 heavy (non-hydrogen) atoms. The van der Waals surface area contributed by atoms with Crippen LogP contribution in [-0.4, -0.2) is 170 Å². The van der Waals surface area contributed by atoms with Gasteiger partial charge < -0.3 is 39.7 Å². The normalized spacial score (nSPS) is 25.1. The van der Waals surface area contributed by atoms with Crippen LogP contribution in [0.3, 0.4) is 0 Å². The van der Waals surface area contributed by atoms with Crippen molar-refractivity contribution < 1.29 is 53.0 Å². The highest BCUT2D eigenvalue weighted by Crippen LogP contribution is 2.33. The summed E-state index contributed by atoms with van der Waals surface area (Å²) in [4.78, 5) is 148. The van der Waals surface area contributed by atoms with Crippen LogP contribution < -0.4 is 5.32 Å². The summed E-state index contributed by atoms with van der Waals surface area (Å²) in [5.41, 5.74) is 1.31. The summed E-state index contributed by atoms with van der Waals surface area (Å²) in [6.45, 7) is 21.0. The lowest BCUT2D eigenvalue weighted by Gasteiger charge is -2.39. The number of rotatable bonds is 14. The molecule has 2 saturated heterocycles. The fraction of sp³-hybridized carbons (Fsp3) is 0.577. The van der Waals surface area contributed by atoms with Gasteiger partial charge in [-0.15, -0.1) is 0 Å². The highest BCUT2D eigenvalue weighted by molar-refractivity contribution is 5.99. The number of Topliss-reactive ketones (excluding diaryl/α,β-unsaturated/α-hetero) is 2. The molecule has 2 fully saturated rings. The number of likely N-dealkylation sites (N-methyl/N-ethyl adjacent to an activating group) is 4. The van der Waals surface area contributed by atoms with E-state index in [-0.39, 0.29) is 56.3 Å². The first-order chi connectivity index (χ1) is 41.9. The molecule has 2 aliphatic heterocycles. The molecule has 0 unspecified atom stereocenters. The Bertz CT molecular complexity index is 3160. The minimum atomic E-state index is -1.97. The number of aromatic nitrogens is 1. The van der Waals surface area contributed by atoms with Crippen LogP contribution in [0.15, 0.2) is 91.3 Å². The van der Waals surface area contributed by atoms with Crippen molar-refractivity contribution in [2.75, 3.05) is 34.7 Å². The highest BCUT2D eigenvalue weighted by Gasteiger charge is 2.48. The quantitative estimate of drug-likeness (QED) is 0.113. The molecule has 4 aromatic rings. The van der Waals surface area contributed by atoms with Crippen molar-refractivity contribution in [1.29, 1.82) is 0 Å². The first kappa shape index (κ1) is 70.7. The van der Waals surface area contributed by atoms with Gasteiger partial charge in [0.05, 0.1) is 17.7 Å². The molecule has 484 valence electrons. The second kappa shape index (κ2) is 30.9. The van der Waals surface area contributed by atoms with E-state index in [1.54, 1.807) is 59.0 Å². The number of nitrogens with zero attached hydrogens (tertiary/aromatic N) is 6. The lowest BCUT2D eigenvalue weighted by Crippen LogP contribution is -2.62. The number of pyridine rings is 1. The van der Waals surface area contributed by atoms with E-state index < -0.39 is 125 Å². The number of hydrogen-bond donors (Lipinski definition) is 2. The number of carbonyl (C=O) groups excluding carboxylic acids is 9. The molecule has 0 bridgehead atoms. The molecule has 2 N–H and O–H groups in total. The van der Waals surface area contributed by atoms with Gasteiger partial charge in [0.25, 0.3) is 5.91 Å². The van der Waals surface area contributed by atoms with Crippen molar-refractivity contribution in [3.8, 4) is 11.1 Å². The number of ether oxygens (including phenoxy) is 1. The van der Waals surface area contributed by atoms with Crippen LogP contribution in [0.5, 0.6) is 0 Å². The van der Waals surface area contributed by atoms with Gasteiger partial charge in [-0.25, -0.2) is 4.79 Å². The summed E-state index contributed by atoms with van der Waals surface area (Å²) in [7, 11) is 5.85. The molecule has 2 aliphatic rings. The van der Waals surface area contributed by atoms with E-state index in [4.69, 9.17) is 4.74 Å². The number of cyclic esters (lactones) is 1. The van der Waals surface area contributed by atoms with Crippen LogP contribution in [0.4, 0.5) is 0 Å². The van der Waals surface area contributed by atoms with Crippen molar-refractivity contribution in [3.63, 3.8) is 0 Å². The second-order valence-electron chi connectivity index (χ2n) is 26.9. The number of carbonyl (C=O) groups is 9. The first-order valence-corrected chi connectivity index (χ1v) is 32.0. The number of fused-ring (bicyclic) bond motifs is 2. The Hall–Kier alpha value is -7.34. The average molecular weight is 1230 g/mol. The Balaban J connectivity index is 1.52. The Morgan fingerprint density at radius 2 is 1.26 bits per heavy atom. The summed E-state index contributed by atoms with van der Waals surface area (Å²) in [5.74, 6) is -9.63. The molecule has 0 spiro atoms. The molecule has 6 amide bonds. The standard InChI is InChI=1S/C71H99N7O11/c1-17-45(9)54-40-58(79)56-28-23-33-78(56)68(85)57(37-48-26-22-27-49(36-48)50-29-30-52-41-72-32-31-51(52)38-50)74(13)65(82)53(35-47-24-20-19-21-25-47)39-59(80)60(43(5)6)75(14)69(86)62(46(10)18-2)89-70(87)63(71(11,12)88)77(16)67(84)55(34-42(3)4)73-64(81)61(44(7)8)76(15)66(54)83/h19-22,24-27,29-32,36,38,41-46,53-57,60-63,88H,17-18,23,28,33-35,37,39-40H2,1-16H3,(H,73,81)/t45-,46-,53+,54-,55-,56-,57-,60-,61-,62+,63+/m0/s1. The molecule has 0 aliphatic carbocycles. The Kier molecular flexibility index (Phi) is 24.6. The van der Waals surface area contributed by atoms with E-state index in [1.165, 1.54) is 49.7 Å².